The van der Waals surface area contributed by atoms with Crippen molar-refractivity contribution < 1.29 is 9.53 Å². The first-order valence-electron chi connectivity index (χ1n) is 6.26. The molecule has 0 unspecified atom stereocenters. The number of fused-ring (bicyclic) bond motifs is 1. The van der Waals surface area contributed by atoms with Crippen LogP contribution in [0.4, 0.5) is 5.69 Å². The van der Waals surface area contributed by atoms with E-state index in [1.54, 1.807) is 6.92 Å². The molecule has 4 heteroatoms. The quantitative estimate of drug-likeness (QED) is 0.810. The summed E-state index contributed by atoms with van der Waals surface area (Å²) in [5, 5.41) is 0. The lowest BCUT2D eigenvalue weighted by atomic mass is 10.1. The van der Waals surface area contributed by atoms with Gasteiger partial charge in [-0.1, -0.05) is 6.07 Å². The van der Waals surface area contributed by atoms with Gasteiger partial charge >= 0.3 is 0 Å². The second kappa shape index (κ2) is 5.40. The van der Waals surface area contributed by atoms with Crippen molar-refractivity contribution in [3.8, 4) is 5.75 Å². The molecule has 2 rings (SSSR count). The highest BCUT2D eigenvalue weighted by Gasteiger charge is 2.22. The second-order valence-electron chi connectivity index (χ2n) is 4.86. The molecule has 1 aliphatic rings. The van der Waals surface area contributed by atoms with Gasteiger partial charge in [0.25, 0.3) is 0 Å². The Morgan fingerprint density at radius 2 is 2.22 bits per heavy atom. The molecule has 0 spiro atoms. The van der Waals surface area contributed by atoms with Crippen molar-refractivity contribution >= 4 is 11.6 Å². The van der Waals surface area contributed by atoms with E-state index in [4.69, 9.17) is 4.74 Å². The molecule has 1 aromatic rings. The first-order chi connectivity index (χ1) is 8.58. The fourth-order valence-electron chi connectivity index (χ4n) is 2.12. The largest absolute Gasteiger partial charge is 0.492 e. The monoisotopic (exact) mass is 248 g/mol. The molecule has 0 saturated heterocycles. The lowest BCUT2D eigenvalue weighted by Gasteiger charge is -2.16. The summed E-state index contributed by atoms with van der Waals surface area (Å²) in [5.74, 6) is 0.933. The zero-order valence-electron chi connectivity index (χ0n) is 11.3. The third-order valence-corrected chi connectivity index (χ3v) is 3.14. The van der Waals surface area contributed by atoms with E-state index in [0.29, 0.717) is 6.61 Å². The van der Waals surface area contributed by atoms with Gasteiger partial charge in [-0.05, 0) is 32.1 Å². The van der Waals surface area contributed by atoms with Crippen molar-refractivity contribution in [2.24, 2.45) is 0 Å². The third kappa shape index (κ3) is 2.82. The van der Waals surface area contributed by atoms with Gasteiger partial charge in [-0.15, -0.1) is 0 Å². The van der Waals surface area contributed by atoms with Gasteiger partial charge in [0.1, 0.15) is 12.4 Å². The number of benzene rings is 1. The molecule has 0 bridgehead atoms. The molecule has 98 valence electrons. The van der Waals surface area contributed by atoms with Crippen LogP contribution < -0.4 is 9.64 Å². The van der Waals surface area contributed by atoms with Gasteiger partial charge in [0.05, 0.1) is 5.69 Å². The Hall–Kier alpha value is -1.55. The Labute approximate surface area is 108 Å². The first-order valence-corrected chi connectivity index (χ1v) is 6.26. The molecule has 0 N–H and O–H groups in total. The molecule has 1 aliphatic heterocycles. The summed E-state index contributed by atoms with van der Waals surface area (Å²) < 4.78 is 5.69. The summed E-state index contributed by atoms with van der Waals surface area (Å²) in [6, 6.07) is 6.01. The maximum Gasteiger partial charge on any atom is 0.223 e. The minimum Gasteiger partial charge on any atom is -0.492 e. The van der Waals surface area contributed by atoms with E-state index >= 15 is 0 Å². The summed E-state index contributed by atoms with van der Waals surface area (Å²) in [7, 11) is 4.03. The Morgan fingerprint density at radius 3 is 2.89 bits per heavy atom. The Kier molecular flexibility index (Phi) is 3.87. The number of rotatable bonds is 4. The van der Waals surface area contributed by atoms with Crippen molar-refractivity contribution in [3.05, 3.63) is 23.8 Å². The van der Waals surface area contributed by atoms with Crippen LogP contribution in [0.1, 0.15) is 12.5 Å². The number of carbonyl (C=O) groups is 1. The van der Waals surface area contributed by atoms with Crippen LogP contribution in [0.15, 0.2) is 18.2 Å². The third-order valence-electron chi connectivity index (χ3n) is 3.14. The topological polar surface area (TPSA) is 32.8 Å². The average Bonchev–Trinajstić information content (AvgIpc) is 2.71. The van der Waals surface area contributed by atoms with Gasteiger partial charge in [0.2, 0.25) is 5.91 Å². The zero-order valence-corrected chi connectivity index (χ0v) is 11.3. The molecule has 1 heterocycles. The molecule has 18 heavy (non-hydrogen) atoms. The lowest BCUT2D eigenvalue weighted by Crippen LogP contribution is -2.25. The lowest BCUT2D eigenvalue weighted by molar-refractivity contribution is -0.116. The predicted molar refractivity (Wildman–Crippen MR) is 72.2 cm³/mol. The van der Waals surface area contributed by atoms with E-state index < -0.39 is 0 Å². The number of anilines is 1. The van der Waals surface area contributed by atoms with Crippen LogP contribution in [0.5, 0.6) is 5.75 Å². The van der Waals surface area contributed by atoms with E-state index in [0.717, 1.165) is 30.9 Å². The van der Waals surface area contributed by atoms with Crippen LogP contribution in [0.3, 0.4) is 0 Å². The first kappa shape index (κ1) is 12.9. The number of ether oxygens (including phenoxy) is 1. The molecular weight excluding hydrogens is 228 g/mol. The summed E-state index contributed by atoms with van der Waals surface area (Å²) >= 11 is 0. The van der Waals surface area contributed by atoms with Crippen molar-refractivity contribution in [2.75, 3.05) is 38.7 Å². The Bertz CT molecular complexity index is 443. The number of nitrogens with zero attached hydrogens (tertiary/aromatic N) is 2. The summed E-state index contributed by atoms with van der Waals surface area (Å²) in [6.45, 7) is 3.93. The molecule has 0 saturated carbocycles. The normalized spacial score (nSPS) is 13.9. The average molecular weight is 248 g/mol. The summed E-state index contributed by atoms with van der Waals surface area (Å²) in [5.41, 5.74) is 2.23. The van der Waals surface area contributed by atoms with Crippen LogP contribution >= 0.6 is 0 Å². The van der Waals surface area contributed by atoms with Crippen molar-refractivity contribution in [1.82, 2.24) is 4.90 Å². The van der Waals surface area contributed by atoms with Crippen molar-refractivity contribution in [1.29, 1.82) is 0 Å². The standard InChI is InChI=1S/C14H20N2O2/c1-11(17)16-7-6-12-4-5-13(10-14(12)16)18-9-8-15(2)3/h4-5,10H,6-9H2,1-3H3. The molecule has 0 aromatic heterocycles. The van der Waals surface area contributed by atoms with Gasteiger partial charge in [0.15, 0.2) is 0 Å². The molecule has 1 amide bonds. The molecular formula is C14H20N2O2. The van der Waals surface area contributed by atoms with Gasteiger partial charge in [-0.25, -0.2) is 0 Å². The molecule has 0 aliphatic carbocycles. The van der Waals surface area contributed by atoms with E-state index in [2.05, 4.69) is 11.0 Å². The van der Waals surface area contributed by atoms with Crippen molar-refractivity contribution in [3.63, 3.8) is 0 Å². The predicted octanol–water partition coefficient (Wildman–Crippen LogP) is 1.54. The van der Waals surface area contributed by atoms with Crippen LogP contribution in [0.25, 0.3) is 0 Å². The summed E-state index contributed by atoms with van der Waals surface area (Å²) in [6.07, 6.45) is 0.937. The molecule has 0 fully saturated rings. The number of hydrogen-bond acceptors (Lipinski definition) is 3. The second-order valence-corrected chi connectivity index (χ2v) is 4.86. The fourth-order valence-corrected chi connectivity index (χ4v) is 2.12. The number of likely N-dealkylation sites (N-methyl/N-ethyl adjacent to an activating group) is 1. The summed E-state index contributed by atoms with van der Waals surface area (Å²) in [4.78, 5) is 15.4. The van der Waals surface area contributed by atoms with Gasteiger partial charge in [-0.2, -0.15) is 0 Å². The van der Waals surface area contributed by atoms with Gasteiger partial charge in [-0.3, -0.25) is 4.79 Å². The molecule has 4 nitrogen and oxygen atoms in total. The smallest absolute Gasteiger partial charge is 0.223 e. The fraction of sp³-hybridized carbons (Fsp3) is 0.500. The Morgan fingerprint density at radius 1 is 1.44 bits per heavy atom. The SMILES string of the molecule is CC(=O)N1CCc2ccc(OCCN(C)C)cc21. The van der Waals surface area contributed by atoms with Crippen LogP contribution in [-0.4, -0.2) is 44.6 Å². The van der Waals surface area contributed by atoms with E-state index in [1.807, 2.05) is 31.1 Å². The highest BCUT2D eigenvalue weighted by molar-refractivity contribution is 5.94. The maximum atomic E-state index is 11.5. The van der Waals surface area contributed by atoms with Crippen LogP contribution in [0, 0.1) is 0 Å². The van der Waals surface area contributed by atoms with Gasteiger partial charge < -0.3 is 14.5 Å². The minimum absolute atomic E-state index is 0.0965. The number of hydrogen-bond donors (Lipinski definition) is 0. The van der Waals surface area contributed by atoms with E-state index in [9.17, 15) is 4.79 Å². The molecule has 1 aromatic carbocycles. The van der Waals surface area contributed by atoms with Gasteiger partial charge in [0, 0.05) is 26.1 Å². The number of amides is 1. The minimum atomic E-state index is 0.0965. The highest BCUT2D eigenvalue weighted by atomic mass is 16.5. The van der Waals surface area contributed by atoms with E-state index in [-0.39, 0.29) is 5.91 Å². The highest BCUT2D eigenvalue weighted by Crippen LogP contribution is 2.31. The van der Waals surface area contributed by atoms with E-state index in [1.165, 1.54) is 5.56 Å². The molecule has 0 radical (unpaired) electrons. The Balaban J connectivity index is 2.07. The van der Waals surface area contributed by atoms with Crippen molar-refractivity contribution in [2.45, 2.75) is 13.3 Å². The van der Waals surface area contributed by atoms with Crippen LogP contribution in [0.2, 0.25) is 0 Å². The zero-order chi connectivity index (χ0) is 13.1. The molecule has 0 atom stereocenters. The van der Waals surface area contributed by atoms with Crippen LogP contribution in [-0.2, 0) is 11.2 Å². The number of carbonyl (C=O) groups excluding carboxylic acids is 1. The maximum absolute atomic E-state index is 11.5.